The van der Waals surface area contributed by atoms with Gasteiger partial charge in [0.25, 0.3) is 5.91 Å². The van der Waals surface area contributed by atoms with E-state index in [4.69, 9.17) is 0 Å². The Morgan fingerprint density at radius 3 is 2.67 bits per heavy atom. The number of likely N-dealkylation sites (tertiary alicyclic amines) is 1. The first-order valence-corrected chi connectivity index (χ1v) is 11.9. The van der Waals surface area contributed by atoms with Crippen LogP contribution >= 0.6 is 0 Å². The van der Waals surface area contributed by atoms with E-state index >= 15 is 0 Å². The maximum absolute atomic E-state index is 12.9. The second kappa shape index (κ2) is 9.61. The van der Waals surface area contributed by atoms with E-state index in [2.05, 4.69) is 42.3 Å². The molecule has 3 heterocycles. The number of allylic oxidation sites excluding steroid dienone is 2. The highest BCUT2D eigenvalue weighted by atomic mass is 16.3. The molecule has 0 aromatic heterocycles. The highest BCUT2D eigenvalue weighted by molar-refractivity contribution is 6.05. The van der Waals surface area contributed by atoms with Gasteiger partial charge in [-0.3, -0.25) is 24.6 Å². The van der Waals surface area contributed by atoms with Crippen molar-refractivity contribution in [1.82, 2.24) is 15.1 Å². The molecule has 0 bridgehead atoms. The molecule has 7 heteroatoms. The number of benzene rings is 1. The average Bonchev–Trinajstić information content (AvgIpc) is 3.13. The van der Waals surface area contributed by atoms with Crippen molar-refractivity contribution in [2.24, 2.45) is 0 Å². The van der Waals surface area contributed by atoms with Gasteiger partial charge in [0.05, 0.1) is 5.60 Å². The van der Waals surface area contributed by atoms with Crippen molar-refractivity contribution in [2.45, 2.75) is 64.1 Å². The Morgan fingerprint density at radius 2 is 2.00 bits per heavy atom. The Bertz CT molecular complexity index is 1000. The standard InChI is InChI=1S/C26H33N3O4/c1-3-5-6-18(4-2)16-28-13-11-26(33,12-14-28)20-7-8-21-19(15-20)17-29(25(21)32)22-9-10-23(30)27-24(22)31/h4-8,15,22,33H,3,9-14,16-17H2,1-2H3,(H,27,30,31)/b6-5-,18-4+. The second-order valence-corrected chi connectivity index (χ2v) is 9.25. The number of hydrogen-bond donors (Lipinski definition) is 2. The van der Waals surface area contributed by atoms with Gasteiger partial charge in [-0.1, -0.05) is 37.3 Å². The van der Waals surface area contributed by atoms with Gasteiger partial charge in [0.2, 0.25) is 11.8 Å². The fraction of sp³-hybridized carbons (Fsp3) is 0.500. The van der Waals surface area contributed by atoms with Crippen molar-refractivity contribution < 1.29 is 19.5 Å². The Hall–Kier alpha value is -2.77. The predicted octanol–water partition coefficient (Wildman–Crippen LogP) is 2.64. The lowest BCUT2D eigenvalue weighted by molar-refractivity contribution is -0.136. The molecule has 2 N–H and O–H groups in total. The fourth-order valence-corrected chi connectivity index (χ4v) is 5.00. The molecule has 1 aromatic rings. The van der Waals surface area contributed by atoms with E-state index in [9.17, 15) is 19.5 Å². The number of imide groups is 1. The van der Waals surface area contributed by atoms with Crippen LogP contribution in [0.25, 0.3) is 0 Å². The highest BCUT2D eigenvalue weighted by Crippen LogP contribution is 2.36. The number of carbonyl (C=O) groups excluding carboxylic acids is 3. The molecule has 0 radical (unpaired) electrons. The highest BCUT2D eigenvalue weighted by Gasteiger charge is 2.40. The first kappa shape index (κ1) is 23.4. The van der Waals surface area contributed by atoms with Gasteiger partial charge in [-0.05, 0) is 55.4 Å². The molecule has 3 aliphatic rings. The summed E-state index contributed by atoms with van der Waals surface area (Å²) in [5.41, 5.74) is 2.60. The van der Waals surface area contributed by atoms with Crippen LogP contribution in [-0.4, -0.2) is 58.3 Å². The van der Waals surface area contributed by atoms with Gasteiger partial charge in [0, 0.05) is 38.2 Å². The first-order valence-electron chi connectivity index (χ1n) is 11.9. The molecule has 2 saturated heterocycles. The molecule has 0 saturated carbocycles. The number of hydrogen-bond acceptors (Lipinski definition) is 5. The second-order valence-electron chi connectivity index (χ2n) is 9.25. The SMILES string of the molecule is C/C=C(\C=C/CC)CN1CCC(O)(c2ccc3c(c2)CN(C2CCC(=O)NC2=O)C3=O)CC1. The van der Waals surface area contributed by atoms with Crippen molar-refractivity contribution in [3.05, 3.63) is 58.7 Å². The van der Waals surface area contributed by atoms with Gasteiger partial charge in [-0.25, -0.2) is 0 Å². The van der Waals surface area contributed by atoms with E-state index in [0.717, 1.165) is 37.2 Å². The third-order valence-electron chi connectivity index (χ3n) is 7.09. The van der Waals surface area contributed by atoms with E-state index in [1.54, 1.807) is 11.0 Å². The van der Waals surface area contributed by atoms with E-state index in [-0.39, 0.29) is 18.2 Å². The Morgan fingerprint density at radius 1 is 1.24 bits per heavy atom. The average molecular weight is 452 g/mol. The summed E-state index contributed by atoms with van der Waals surface area (Å²) in [6.45, 7) is 6.98. The Kier molecular flexibility index (Phi) is 6.81. The summed E-state index contributed by atoms with van der Waals surface area (Å²) >= 11 is 0. The van der Waals surface area contributed by atoms with Crippen molar-refractivity contribution in [3.8, 4) is 0 Å². The molecule has 7 nitrogen and oxygen atoms in total. The molecule has 1 aromatic carbocycles. The van der Waals surface area contributed by atoms with E-state index in [1.807, 2.05) is 12.1 Å². The third-order valence-corrected chi connectivity index (χ3v) is 7.09. The van der Waals surface area contributed by atoms with Crippen LogP contribution in [0.5, 0.6) is 0 Å². The summed E-state index contributed by atoms with van der Waals surface area (Å²) in [6.07, 6.45) is 9.33. The van der Waals surface area contributed by atoms with E-state index in [0.29, 0.717) is 31.4 Å². The number of fused-ring (bicyclic) bond motifs is 1. The fourth-order valence-electron chi connectivity index (χ4n) is 5.00. The molecule has 1 unspecified atom stereocenters. The number of nitrogens with one attached hydrogen (secondary N) is 1. The third kappa shape index (κ3) is 4.80. The van der Waals surface area contributed by atoms with Gasteiger partial charge in [0.1, 0.15) is 6.04 Å². The van der Waals surface area contributed by atoms with Crippen LogP contribution in [0.2, 0.25) is 0 Å². The molecule has 2 fully saturated rings. The van der Waals surface area contributed by atoms with E-state index < -0.39 is 17.6 Å². The molecule has 1 atom stereocenters. The number of aliphatic hydroxyl groups is 1. The minimum Gasteiger partial charge on any atom is -0.385 e. The number of nitrogens with zero attached hydrogens (tertiary/aromatic N) is 2. The monoisotopic (exact) mass is 451 g/mol. The van der Waals surface area contributed by atoms with Crippen LogP contribution in [0.4, 0.5) is 0 Å². The van der Waals surface area contributed by atoms with Gasteiger partial charge in [-0.2, -0.15) is 0 Å². The van der Waals surface area contributed by atoms with Crippen LogP contribution < -0.4 is 5.32 Å². The lowest BCUT2D eigenvalue weighted by Crippen LogP contribution is -2.52. The van der Waals surface area contributed by atoms with Crippen molar-refractivity contribution in [1.29, 1.82) is 0 Å². The van der Waals surface area contributed by atoms with E-state index in [1.165, 1.54) is 5.57 Å². The molecular formula is C26H33N3O4. The first-order chi connectivity index (χ1) is 15.8. The number of amides is 3. The largest absolute Gasteiger partial charge is 0.385 e. The number of rotatable bonds is 6. The van der Waals surface area contributed by atoms with Crippen molar-refractivity contribution in [3.63, 3.8) is 0 Å². The van der Waals surface area contributed by atoms with Gasteiger partial charge in [-0.15, -0.1) is 0 Å². The minimum atomic E-state index is -0.925. The van der Waals surface area contributed by atoms with Crippen LogP contribution in [0, 0.1) is 0 Å². The summed E-state index contributed by atoms with van der Waals surface area (Å²) in [5, 5.41) is 13.8. The van der Waals surface area contributed by atoms with Crippen molar-refractivity contribution >= 4 is 17.7 Å². The van der Waals surface area contributed by atoms with Crippen LogP contribution in [0.15, 0.2) is 42.0 Å². The van der Waals surface area contributed by atoms with Crippen LogP contribution in [-0.2, 0) is 21.7 Å². The maximum Gasteiger partial charge on any atom is 0.255 e. The van der Waals surface area contributed by atoms with Gasteiger partial charge in [0.15, 0.2) is 0 Å². The normalized spacial score (nSPS) is 23.8. The summed E-state index contributed by atoms with van der Waals surface area (Å²) < 4.78 is 0. The lowest BCUT2D eigenvalue weighted by Gasteiger charge is -2.39. The summed E-state index contributed by atoms with van der Waals surface area (Å²) in [4.78, 5) is 40.6. The quantitative estimate of drug-likeness (QED) is 0.513. The smallest absolute Gasteiger partial charge is 0.255 e. The molecule has 4 rings (SSSR count). The summed E-state index contributed by atoms with van der Waals surface area (Å²) in [5.74, 6) is -0.890. The lowest BCUT2D eigenvalue weighted by atomic mass is 9.83. The number of carbonyl (C=O) groups is 3. The zero-order valence-corrected chi connectivity index (χ0v) is 19.5. The molecule has 176 valence electrons. The molecule has 0 aliphatic carbocycles. The molecular weight excluding hydrogens is 418 g/mol. The Balaban J connectivity index is 1.43. The molecule has 0 spiro atoms. The number of piperidine rings is 2. The molecule has 33 heavy (non-hydrogen) atoms. The summed E-state index contributed by atoms with van der Waals surface area (Å²) in [6, 6.07) is 4.93. The predicted molar refractivity (Wildman–Crippen MR) is 125 cm³/mol. The topological polar surface area (TPSA) is 89.9 Å². The summed E-state index contributed by atoms with van der Waals surface area (Å²) in [7, 11) is 0. The maximum atomic E-state index is 12.9. The van der Waals surface area contributed by atoms with Gasteiger partial charge >= 0.3 is 0 Å². The zero-order chi connectivity index (χ0) is 23.6. The molecule has 3 aliphatic heterocycles. The van der Waals surface area contributed by atoms with Crippen molar-refractivity contribution in [2.75, 3.05) is 19.6 Å². The minimum absolute atomic E-state index is 0.188. The Labute approximate surface area is 195 Å². The van der Waals surface area contributed by atoms with Crippen LogP contribution in [0.3, 0.4) is 0 Å². The molecule has 3 amide bonds. The van der Waals surface area contributed by atoms with Crippen LogP contribution in [0.1, 0.15) is 67.4 Å². The van der Waals surface area contributed by atoms with Gasteiger partial charge < -0.3 is 10.0 Å². The zero-order valence-electron chi connectivity index (χ0n) is 19.5.